The lowest BCUT2D eigenvalue weighted by Crippen LogP contribution is -2.05. The topological polar surface area (TPSA) is 18.5 Å². The maximum Gasteiger partial charge on any atom is 0.137 e. The molecule has 0 unspecified atom stereocenters. The second kappa shape index (κ2) is 7.76. The van der Waals surface area contributed by atoms with E-state index in [-0.39, 0.29) is 5.82 Å². The van der Waals surface area contributed by atoms with Crippen molar-refractivity contribution in [2.24, 2.45) is 0 Å². The Labute approximate surface area is 104 Å². The Morgan fingerprint density at radius 2 is 1.94 bits per heavy atom. The molecule has 0 bridgehead atoms. The zero-order valence-electron chi connectivity index (χ0n) is 9.34. The van der Waals surface area contributed by atoms with Crippen LogP contribution in [-0.4, -0.2) is 19.8 Å². The van der Waals surface area contributed by atoms with Crippen LogP contribution in [0.5, 0.6) is 0 Å². The van der Waals surface area contributed by atoms with Gasteiger partial charge in [-0.3, -0.25) is 0 Å². The van der Waals surface area contributed by atoms with Crippen LogP contribution in [-0.2, 0) is 16.1 Å². The Morgan fingerprint density at radius 1 is 1.19 bits per heavy atom. The first kappa shape index (κ1) is 13.6. The van der Waals surface area contributed by atoms with E-state index in [9.17, 15) is 4.39 Å². The third kappa shape index (κ3) is 4.60. The minimum atomic E-state index is -0.261. The molecule has 16 heavy (non-hydrogen) atoms. The molecule has 0 N–H and O–H groups in total. The molecule has 0 heterocycles. The van der Waals surface area contributed by atoms with Crippen molar-refractivity contribution in [1.82, 2.24) is 0 Å². The van der Waals surface area contributed by atoms with E-state index in [1.807, 2.05) is 6.07 Å². The zero-order valence-corrected chi connectivity index (χ0v) is 10.9. The summed E-state index contributed by atoms with van der Waals surface area (Å²) in [5.41, 5.74) is 0.815. The van der Waals surface area contributed by atoms with Gasteiger partial charge in [-0.1, -0.05) is 19.1 Å². The zero-order chi connectivity index (χ0) is 11.8. The first-order valence-corrected chi connectivity index (χ1v) is 6.13. The molecule has 90 valence electrons. The van der Waals surface area contributed by atoms with E-state index in [2.05, 4.69) is 22.9 Å². The summed E-state index contributed by atoms with van der Waals surface area (Å²) in [5, 5.41) is 0. The van der Waals surface area contributed by atoms with Crippen LogP contribution in [0, 0.1) is 5.82 Å². The summed E-state index contributed by atoms with van der Waals surface area (Å²) in [6.07, 6.45) is 1.01. The molecular formula is C12H16BrFO2. The molecule has 4 heteroatoms. The van der Waals surface area contributed by atoms with E-state index < -0.39 is 0 Å². The molecule has 1 rings (SSSR count). The summed E-state index contributed by atoms with van der Waals surface area (Å²) >= 11 is 3.19. The third-order valence-electron chi connectivity index (χ3n) is 2.01. The second-order valence-electron chi connectivity index (χ2n) is 3.38. The molecule has 0 spiro atoms. The van der Waals surface area contributed by atoms with Crippen molar-refractivity contribution in [3.8, 4) is 0 Å². The third-order valence-corrected chi connectivity index (χ3v) is 2.90. The van der Waals surface area contributed by atoms with Gasteiger partial charge in [0.25, 0.3) is 0 Å². The summed E-state index contributed by atoms with van der Waals surface area (Å²) in [6, 6.07) is 4.92. The summed E-state index contributed by atoms with van der Waals surface area (Å²) in [5.74, 6) is -0.261. The molecule has 0 aliphatic rings. The van der Waals surface area contributed by atoms with Gasteiger partial charge in [0.1, 0.15) is 5.82 Å². The van der Waals surface area contributed by atoms with Crippen LogP contribution in [0.2, 0.25) is 0 Å². The lowest BCUT2D eigenvalue weighted by Gasteiger charge is -2.07. The predicted molar refractivity (Wildman–Crippen MR) is 64.9 cm³/mol. The Bertz CT molecular complexity index is 318. The largest absolute Gasteiger partial charge is 0.379 e. The smallest absolute Gasteiger partial charge is 0.137 e. The summed E-state index contributed by atoms with van der Waals surface area (Å²) in [6.45, 7) is 4.33. The van der Waals surface area contributed by atoms with Crippen LogP contribution in [0.1, 0.15) is 18.9 Å². The van der Waals surface area contributed by atoms with E-state index in [1.165, 1.54) is 6.07 Å². The first-order valence-electron chi connectivity index (χ1n) is 5.34. The minimum absolute atomic E-state index is 0.261. The number of halogens is 2. The average molecular weight is 291 g/mol. The van der Waals surface area contributed by atoms with Crippen molar-refractivity contribution < 1.29 is 13.9 Å². The number of ether oxygens (including phenoxy) is 2. The van der Waals surface area contributed by atoms with Gasteiger partial charge in [0.2, 0.25) is 0 Å². The highest BCUT2D eigenvalue weighted by Crippen LogP contribution is 2.20. The van der Waals surface area contributed by atoms with Gasteiger partial charge in [-0.05, 0) is 34.0 Å². The van der Waals surface area contributed by atoms with Crippen LogP contribution in [0.15, 0.2) is 22.7 Å². The van der Waals surface area contributed by atoms with E-state index in [0.29, 0.717) is 24.3 Å². The van der Waals surface area contributed by atoms with Crippen LogP contribution in [0.4, 0.5) is 4.39 Å². The fourth-order valence-corrected chi connectivity index (χ4v) is 1.59. The molecular weight excluding hydrogens is 275 g/mol. The molecule has 0 aliphatic heterocycles. The Balaban J connectivity index is 2.24. The van der Waals surface area contributed by atoms with Gasteiger partial charge in [-0.2, -0.15) is 0 Å². The Kier molecular flexibility index (Phi) is 6.61. The van der Waals surface area contributed by atoms with Gasteiger partial charge in [-0.15, -0.1) is 0 Å². The van der Waals surface area contributed by atoms with E-state index >= 15 is 0 Å². The molecule has 1 aromatic rings. The average Bonchev–Trinajstić information content (AvgIpc) is 2.29. The van der Waals surface area contributed by atoms with Crippen LogP contribution < -0.4 is 0 Å². The summed E-state index contributed by atoms with van der Waals surface area (Å²) in [4.78, 5) is 0. The molecule has 0 saturated carbocycles. The molecule has 0 aromatic heterocycles. The van der Waals surface area contributed by atoms with Crippen molar-refractivity contribution in [2.45, 2.75) is 20.0 Å². The van der Waals surface area contributed by atoms with Crippen molar-refractivity contribution in [3.63, 3.8) is 0 Å². The van der Waals surface area contributed by atoms with Crippen LogP contribution >= 0.6 is 15.9 Å². The first-order chi connectivity index (χ1) is 7.75. The van der Waals surface area contributed by atoms with Crippen LogP contribution in [0.3, 0.4) is 0 Å². The maximum atomic E-state index is 13.1. The van der Waals surface area contributed by atoms with Crippen LogP contribution in [0.25, 0.3) is 0 Å². The van der Waals surface area contributed by atoms with Crippen molar-refractivity contribution >= 4 is 15.9 Å². The molecule has 0 radical (unpaired) electrons. The lowest BCUT2D eigenvalue weighted by atomic mass is 10.2. The number of benzene rings is 1. The summed E-state index contributed by atoms with van der Waals surface area (Å²) < 4.78 is 24.2. The molecule has 0 saturated heterocycles. The fourth-order valence-electron chi connectivity index (χ4n) is 1.21. The Morgan fingerprint density at radius 3 is 2.69 bits per heavy atom. The molecule has 0 amide bonds. The van der Waals surface area contributed by atoms with Crippen molar-refractivity contribution in [1.29, 1.82) is 0 Å². The van der Waals surface area contributed by atoms with E-state index in [1.54, 1.807) is 6.07 Å². The van der Waals surface area contributed by atoms with Crippen molar-refractivity contribution in [3.05, 3.63) is 34.1 Å². The molecule has 0 atom stereocenters. The van der Waals surface area contributed by atoms with Gasteiger partial charge in [-0.25, -0.2) is 4.39 Å². The normalized spacial score (nSPS) is 10.7. The molecule has 0 fully saturated rings. The van der Waals surface area contributed by atoms with E-state index in [4.69, 9.17) is 9.47 Å². The maximum absolute atomic E-state index is 13.1. The molecule has 2 nitrogen and oxygen atoms in total. The van der Waals surface area contributed by atoms with Gasteiger partial charge >= 0.3 is 0 Å². The highest BCUT2D eigenvalue weighted by Gasteiger charge is 2.04. The SMILES string of the molecule is CCCOCCOCc1cccc(F)c1Br. The number of hydrogen-bond acceptors (Lipinski definition) is 2. The van der Waals surface area contributed by atoms with Gasteiger partial charge in [0.15, 0.2) is 0 Å². The predicted octanol–water partition coefficient (Wildman–Crippen LogP) is 3.53. The Hall–Kier alpha value is -0.450. The summed E-state index contributed by atoms with van der Waals surface area (Å²) in [7, 11) is 0. The van der Waals surface area contributed by atoms with Crippen molar-refractivity contribution in [2.75, 3.05) is 19.8 Å². The van der Waals surface area contributed by atoms with Gasteiger partial charge < -0.3 is 9.47 Å². The molecule has 0 aliphatic carbocycles. The fraction of sp³-hybridized carbons (Fsp3) is 0.500. The highest BCUT2D eigenvalue weighted by molar-refractivity contribution is 9.10. The monoisotopic (exact) mass is 290 g/mol. The highest BCUT2D eigenvalue weighted by atomic mass is 79.9. The molecule has 1 aromatic carbocycles. The standard InChI is InChI=1S/C12H16BrFO2/c1-2-6-15-7-8-16-9-10-4-3-5-11(14)12(10)13/h3-5H,2,6-9H2,1H3. The minimum Gasteiger partial charge on any atom is -0.379 e. The number of rotatable bonds is 7. The van der Waals surface area contributed by atoms with Gasteiger partial charge in [0, 0.05) is 6.61 Å². The van der Waals surface area contributed by atoms with Gasteiger partial charge in [0.05, 0.1) is 24.3 Å². The quantitative estimate of drug-likeness (QED) is 0.715. The number of hydrogen-bond donors (Lipinski definition) is 0. The van der Waals surface area contributed by atoms with E-state index in [0.717, 1.165) is 18.6 Å². The lowest BCUT2D eigenvalue weighted by molar-refractivity contribution is 0.0406. The second-order valence-corrected chi connectivity index (χ2v) is 4.17.